The SMILES string of the molecule is O=C(N/N=C/c1cc([NH+]([O-])O)cc([N+](=O)O)c1O)c1cccc(Cn2cccn2)c1. The number of amides is 1. The molecule has 0 fully saturated rings. The summed E-state index contributed by atoms with van der Waals surface area (Å²) < 4.78 is 1.70. The summed E-state index contributed by atoms with van der Waals surface area (Å²) in [5, 5.41) is 45.7. The number of nitrogens with one attached hydrogen (secondary N) is 2. The maximum Gasteiger partial charge on any atom is 0.364 e. The highest BCUT2D eigenvalue weighted by Gasteiger charge is 2.25. The van der Waals surface area contributed by atoms with Gasteiger partial charge in [-0.25, -0.2) is 15.8 Å². The van der Waals surface area contributed by atoms with Crippen LogP contribution in [-0.4, -0.2) is 42.3 Å². The van der Waals surface area contributed by atoms with Crippen molar-refractivity contribution in [2.24, 2.45) is 5.10 Å². The highest BCUT2D eigenvalue weighted by atomic mass is 16.8. The number of phenols is 1. The van der Waals surface area contributed by atoms with Crippen molar-refractivity contribution in [2.75, 3.05) is 0 Å². The van der Waals surface area contributed by atoms with E-state index in [9.17, 15) is 20.0 Å². The number of phenolic OH excluding ortho intramolecular Hbond substituents is 1. The average molecular weight is 413 g/mol. The third kappa shape index (κ3) is 4.82. The standard InChI is InChI=1S/C18H16N6O6/c25-17-14(8-15(23(27)28)9-16(17)24(29)30)10-19-21-18(26)13-4-1-3-12(7-13)11-22-6-2-5-20-22/h1-10,23,27H,11H2,(H2-,19,21,25,26,29,30)/p+1. The van der Waals surface area contributed by atoms with Crippen LogP contribution >= 0.6 is 0 Å². The van der Waals surface area contributed by atoms with Crippen molar-refractivity contribution in [1.82, 2.24) is 15.2 Å². The maximum absolute atomic E-state index is 12.3. The van der Waals surface area contributed by atoms with Crippen molar-refractivity contribution >= 4 is 23.5 Å². The molecule has 1 amide bonds. The topological polar surface area (TPSA) is 168 Å². The molecule has 0 saturated carbocycles. The number of rotatable bonds is 7. The molecule has 2 aromatic carbocycles. The molecule has 0 radical (unpaired) electrons. The quantitative estimate of drug-likeness (QED) is 0.215. The molecule has 1 aromatic heterocycles. The minimum atomic E-state index is -1.38. The first-order chi connectivity index (χ1) is 14.3. The first kappa shape index (κ1) is 20.6. The number of quaternary nitrogens is 1. The van der Waals surface area contributed by atoms with Crippen LogP contribution in [0, 0.1) is 10.1 Å². The van der Waals surface area contributed by atoms with Gasteiger partial charge in [-0.05, 0) is 23.8 Å². The van der Waals surface area contributed by atoms with Gasteiger partial charge in [0, 0.05) is 29.6 Å². The van der Waals surface area contributed by atoms with Gasteiger partial charge in [0.1, 0.15) is 0 Å². The Bertz CT molecular complexity index is 1100. The van der Waals surface area contributed by atoms with E-state index in [1.807, 2.05) is 6.07 Å². The first-order valence-corrected chi connectivity index (χ1v) is 8.51. The molecule has 3 rings (SSSR count). The molecule has 154 valence electrons. The van der Waals surface area contributed by atoms with Crippen molar-refractivity contribution < 1.29 is 30.5 Å². The number of carbonyl (C=O) groups is 1. The molecule has 12 heteroatoms. The number of benzene rings is 2. The monoisotopic (exact) mass is 413 g/mol. The summed E-state index contributed by atoms with van der Waals surface area (Å²) in [6.07, 6.45) is 4.40. The van der Waals surface area contributed by atoms with Gasteiger partial charge < -0.3 is 10.3 Å². The fraction of sp³-hybridized carbons (Fsp3) is 0.0556. The second kappa shape index (κ2) is 8.91. The Morgan fingerprint density at radius 1 is 1.33 bits per heavy atom. The summed E-state index contributed by atoms with van der Waals surface area (Å²) in [6, 6.07) is 10.4. The molecule has 1 atom stereocenters. The molecule has 0 aliphatic heterocycles. The van der Waals surface area contributed by atoms with E-state index in [4.69, 9.17) is 10.4 Å². The molecular weight excluding hydrogens is 396 g/mol. The van der Waals surface area contributed by atoms with Crippen LogP contribution in [0.1, 0.15) is 21.5 Å². The number of hydrogen-bond acceptors (Lipinski definition) is 7. The molecule has 5 N–H and O–H groups in total. The Morgan fingerprint density at radius 3 is 2.80 bits per heavy atom. The van der Waals surface area contributed by atoms with Gasteiger partial charge >= 0.3 is 5.69 Å². The Morgan fingerprint density at radius 2 is 2.13 bits per heavy atom. The third-order valence-corrected chi connectivity index (χ3v) is 4.03. The molecule has 0 aliphatic rings. The predicted octanol–water partition coefficient (Wildman–Crippen LogP) is 0.604. The van der Waals surface area contributed by atoms with E-state index in [2.05, 4.69) is 15.6 Å². The van der Waals surface area contributed by atoms with Crippen LogP contribution in [0.5, 0.6) is 5.75 Å². The van der Waals surface area contributed by atoms with Crippen LogP contribution in [-0.2, 0) is 6.54 Å². The van der Waals surface area contributed by atoms with Crippen LogP contribution < -0.4 is 10.7 Å². The molecule has 0 aliphatic carbocycles. The number of aromatic nitrogens is 2. The fourth-order valence-electron chi connectivity index (χ4n) is 2.63. The highest BCUT2D eigenvalue weighted by molar-refractivity contribution is 5.95. The fourth-order valence-corrected chi connectivity index (χ4v) is 2.63. The Balaban J connectivity index is 1.75. The van der Waals surface area contributed by atoms with Crippen LogP contribution in [0.15, 0.2) is 60.0 Å². The third-order valence-electron chi connectivity index (χ3n) is 4.03. The van der Waals surface area contributed by atoms with Crippen LogP contribution in [0.2, 0.25) is 0 Å². The summed E-state index contributed by atoms with van der Waals surface area (Å²) in [6.45, 7) is 0.475. The van der Waals surface area contributed by atoms with Gasteiger partial charge in [-0.3, -0.25) is 9.48 Å². The van der Waals surface area contributed by atoms with Crippen molar-refractivity contribution in [3.8, 4) is 5.75 Å². The number of hydrogen-bond donors (Lipinski definition) is 5. The lowest BCUT2D eigenvalue weighted by atomic mass is 10.1. The average Bonchev–Trinajstić information content (AvgIpc) is 3.22. The van der Waals surface area contributed by atoms with E-state index in [0.29, 0.717) is 12.1 Å². The Kier molecular flexibility index (Phi) is 6.12. The van der Waals surface area contributed by atoms with Gasteiger partial charge in [0.05, 0.1) is 23.7 Å². The van der Waals surface area contributed by atoms with Crippen molar-refractivity contribution in [1.29, 1.82) is 0 Å². The minimum absolute atomic E-state index is 0.187. The minimum Gasteiger partial charge on any atom is -0.595 e. The van der Waals surface area contributed by atoms with Gasteiger partial charge in [0.25, 0.3) is 10.8 Å². The Labute approximate surface area is 169 Å². The largest absolute Gasteiger partial charge is 0.595 e. The van der Waals surface area contributed by atoms with Crippen molar-refractivity contribution in [2.45, 2.75) is 6.54 Å². The number of carbonyl (C=O) groups excluding carboxylic acids is 1. The summed E-state index contributed by atoms with van der Waals surface area (Å²) in [7, 11) is 0. The molecule has 0 bridgehead atoms. The molecule has 30 heavy (non-hydrogen) atoms. The van der Waals surface area contributed by atoms with E-state index < -0.39 is 27.5 Å². The zero-order chi connectivity index (χ0) is 21.7. The van der Waals surface area contributed by atoms with Gasteiger partial charge in [-0.15, -0.1) is 0 Å². The van der Waals surface area contributed by atoms with Gasteiger partial charge in [0.15, 0.2) is 5.69 Å². The number of aromatic hydroxyl groups is 1. The summed E-state index contributed by atoms with van der Waals surface area (Å²) in [4.78, 5) is 22.8. The van der Waals surface area contributed by atoms with Gasteiger partial charge in [0.2, 0.25) is 5.75 Å². The zero-order valence-corrected chi connectivity index (χ0v) is 15.3. The van der Waals surface area contributed by atoms with Gasteiger partial charge in [-0.1, -0.05) is 12.1 Å². The lowest BCUT2D eigenvalue weighted by molar-refractivity contribution is -0.991. The van der Waals surface area contributed by atoms with E-state index in [-0.39, 0.29) is 11.3 Å². The lowest BCUT2D eigenvalue weighted by Gasteiger charge is -2.11. The molecule has 1 heterocycles. The number of hydrazone groups is 1. The van der Waals surface area contributed by atoms with E-state index in [1.165, 1.54) is 0 Å². The molecular formula is C18H17N6O6+. The summed E-state index contributed by atoms with van der Waals surface area (Å²) in [5.74, 6) is -1.24. The maximum atomic E-state index is 12.3. The second-order valence-corrected chi connectivity index (χ2v) is 6.11. The van der Waals surface area contributed by atoms with Crippen molar-refractivity contribution in [3.05, 3.63) is 81.7 Å². The number of nitrogens with zero attached hydrogens (tertiary/aromatic N) is 4. The zero-order valence-electron chi connectivity index (χ0n) is 15.3. The normalized spacial score (nSPS) is 12.1. The summed E-state index contributed by atoms with van der Waals surface area (Å²) in [5.41, 5.74) is 2.19. The Hall–Kier alpha value is -4.13. The van der Waals surface area contributed by atoms with Crippen LogP contribution in [0.4, 0.5) is 11.4 Å². The molecule has 12 nitrogen and oxygen atoms in total. The molecule has 1 unspecified atom stereocenters. The molecule has 0 spiro atoms. The highest BCUT2D eigenvalue weighted by Crippen LogP contribution is 2.30. The van der Waals surface area contributed by atoms with Gasteiger partial charge in [-0.2, -0.15) is 15.4 Å². The second-order valence-electron chi connectivity index (χ2n) is 6.11. The van der Waals surface area contributed by atoms with E-state index in [0.717, 1.165) is 23.9 Å². The van der Waals surface area contributed by atoms with Crippen molar-refractivity contribution in [3.63, 3.8) is 0 Å². The smallest absolute Gasteiger partial charge is 0.364 e. The predicted molar refractivity (Wildman–Crippen MR) is 102 cm³/mol. The van der Waals surface area contributed by atoms with E-state index >= 15 is 0 Å². The van der Waals surface area contributed by atoms with E-state index in [1.54, 1.807) is 41.3 Å². The lowest BCUT2D eigenvalue weighted by Crippen LogP contribution is -2.99. The summed E-state index contributed by atoms with van der Waals surface area (Å²) >= 11 is 0. The molecule has 3 aromatic rings. The van der Waals surface area contributed by atoms with Crippen LogP contribution in [0.25, 0.3) is 0 Å². The molecule has 0 saturated heterocycles. The first-order valence-electron chi connectivity index (χ1n) is 8.51. The van der Waals surface area contributed by atoms with Crippen LogP contribution in [0.3, 0.4) is 0 Å².